The number of carboxylic acid groups (broad SMARTS) is 1. The van der Waals surface area contributed by atoms with E-state index < -0.39 is 10.7 Å². The first-order valence-corrected chi connectivity index (χ1v) is 5.62. The van der Waals surface area contributed by atoms with Crippen molar-refractivity contribution in [3.63, 3.8) is 0 Å². The van der Waals surface area contributed by atoms with E-state index >= 15 is 0 Å². The molecule has 0 heterocycles. The van der Waals surface area contributed by atoms with Gasteiger partial charge in [-0.15, -0.1) is 11.8 Å². The SMILES string of the molecule is CCOC(=O)C1(SCC(=O)O)CCC1. The largest absolute Gasteiger partial charge is 0.481 e. The standard InChI is InChI=1S/C9H14O4S/c1-2-13-8(12)9(4-3-5-9)14-6-7(10)11/h2-6H2,1H3,(H,10,11). The maximum absolute atomic E-state index is 11.5. The molecule has 1 rings (SSSR count). The molecule has 1 aliphatic carbocycles. The van der Waals surface area contributed by atoms with E-state index in [4.69, 9.17) is 9.84 Å². The maximum atomic E-state index is 11.5. The van der Waals surface area contributed by atoms with Crippen LogP contribution >= 0.6 is 11.8 Å². The van der Waals surface area contributed by atoms with Gasteiger partial charge in [0.05, 0.1) is 12.4 Å². The lowest BCUT2D eigenvalue weighted by atomic mass is 9.84. The van der Waals surface area contributed by atoms with E-state index in [9.17, 15) is 9.59 Å². The van der Waals surface area contributed by atoms with E-state index in [-0.39, 0.29) is 11.7 Å². The molecule has 0 radical (unpaired) electrons. The molecule has 0 aliphatic heterocycles. The molecule has 0 spiro atoms. The molecular formula is C9H14O4S. The molecule has 0 bridgehead atoms. The Morgan fingerprint density at radius 1 is 1.50 bits per heavy atom. The van der Waals surface area contributed by atoms with Crippen LogP contribution in [0.1, 0.15) is 26.2 Å². The molecule has 0 aromatic carbocycles. The Balaban J connectivity index is 2.48. The van der Waals surface area contributed by atoms with Crippen LogP contribution in [-0.4, -0.2) is 34.2 Å². The third-order valence-corrected chi connectivity index (χ3v) is 3.80. The van der Waals surface area contributed by atoms with Crippen molar-refractivity contribution in [2.24, 2.45) is 0 Å². The second-order valence-corrected chi connectivity index (χ2v) is 4.61. The van der Waals surface area contributed by atoms with Crippen molar-refractivity contribution in [3.05, 3.63) is 0 Å². The molecule has 80 valence electrons. The first-order valence-electron chi connectivity index (χ1n) is 4.64. The molecule has 0 amide bonds. The van der Waals surface area contributed by atoms with Crippen LogP contribution in [0.2, 0.25) is 0 Å². The van der Waals surface area contributed by atoms with Crippen molar-refractivity contribution >= 4 is 23.7 Å². The van der Waals surface area contributed by atoms with Crippen LogP contribution in [0.5, 0.6) is 0 Å². The number of hydrogen-bond donors (Lipinski definition) is 1. The van der Waals surface area contributed by atoms with Crippen LogP contribution in [0.25, 0.3) is 0 Å². The van der Waals surface area contributed by atoms with Gasteiger partial charge in [-0.05, 0) is 26.2 Å². The Labute approximate surface area is 87.0 Å². The summed E-state index contributed by atoms with van der Waals surface area (Å²) in [5.74, 6) is -1.16. The minimum atomic E-state index is -0.884. The van der Waals surface area contributed by atoms with Crippen LogP contribution in [-0.2, 0) is 14.3 Å². The quantitative estimate of drug-likeness (QED) is 0.704. The van der Waals surface area contributed by atoms with Gasteiger partial charge in [0, 0.05) is 0 Å². The number of esters is 1. The zero-order valence-corrected chi connectivity index (χ0v) is 8.93. The Kier molecular flexibility index (Phi) is 3.80. The van der Waals surface area contributed by atoms with Gasteiger partial charge in [0.2, 0.25) is 0 Å². The lowest BCUT2D eigenvalue weighted by molar-refractivity contribution is -0.148. The molecule has 1 aliphatic rings. The average Bonchev–Trinajstić information content (AvgIpc) is 2.02. The Morgan fingerprint density at radius 2 is 2.14 bits per heavy atom. The Bertz CT molecular complexity index is 235. The first-order chi connectivity index (χ1) is 6.60. The fourth-order valence-electron chi connectivity index (χ4n) is 1.37. The van der Waals surface area contributed by atoms with E-state index in [1.807, 2.05) is 0 Å². The molecule has 1 fully saturated rings. The Hall–Kier alpha value is -0.710. The first kappa shape index (κ1) is 11.4. The summed E-state index contributed by atoms with van der Waals surface area (Å²) in [6.45, 7) is 2.11. The molecule has 0 unspecified atom stereocenters. The highest BCUT2D eigenvalue weighted by molar-refractivity contribution is 8.02. The van der Waals surface area contributed by atoms with Crippen LogP contribution in [0.15, 0.2) is 0 Å². The van der Waals surface area contributed by atoms with Gasteiger partial charge in [-0.2, -0.15) is 0 Å². The summed E-state index contributed by atoms with van der Waals surface area (Å²) < 4.78 is 4.37. The molecule has 0 aromatic rings. The van der Waals surface area contributed by atoms with Crippen LogP contribution in [0, 0.1) is 0 Å². The van der Waals surface area contributed by atoms with E-state index in [1.54, 1.807) is 6.92 Å². The fourth-order valence-corrected chi connectivity index (χ4v) is 2.52. The molecule has 1 saturated carbocycles. The minimum Gasteiger partial charge on any atom is -0.481 e. The number of rotatable bonds is 5. The molecule has 14 heavy (non-hydrogen) atoms. The number of ether oxygens (including phenoxy) is 1. The molecule has 0 atom stereocenters. The predicted octanol–water partition coefficient (Wildman–Crippen LogP) is 1.29. The van der Waals surface area contributed by atoms with Gasteiger partial charge in [-0.1, -0.05) is 0 Å². The van der Waals surface area contributed by atoms with Crippen molar-refractivity contribution in [3.8, 4) is 0 Å². The minimum absolute atomic E-state index is 0.0290. The monoisotopic (exact) mass is 218 g/mol. The van der Waals surface area contributed by atoms with E-state index in [2.05, 4.69) is 0 Å². The highest BCUT2D eigenvalue weighted by atomic mass is 32.2. The van der Waals surface area contributed by atoms with E-state index in [1.165, 1.54) is 11.8 Å². The average molecular weight is 218 g/mol. The lowest BCUT2D eigenvalue weighted by Gasteiger charge is -2.37. The number of carbonyl (C=O) groups excluding carboxylic acids is 1. The summed E-state index contributed by atoms with van der Waals surface area (Å²) in [6.07, 6.45) is 2.46. The lowest BCUT2D eigenvalue weighted by Crippen LogP contribution is -2.44. The summed E-state index contributed by atoms with van der Waals surface area (Å²) >= 11 is 1.19. The molecule has 1 N–H and O–H groups in total. The smallest absolute Gasteiger partial charge is 0.322 e. The second-order valence-electron chi connectivity index (χ2n) is 3.25. The number of thioether (sulfide) groups is 1. The highest BCUT2D eigenvalue weighted by Gasteiger charge is 2.46. The van der Waals surface area contributed by atoms with Gasteiger partial charge < -0.3 is 9.84 Å². The summed E-state index contributed by atoms with van der Waals surface area (Å²) in [5.41, 5.74) is 0. The topological polar surface area (TPSA) is 63.6 Å². The van der Waals surface area contributed by atoms with E-state index in [0.717, 1.165) is 19.3 Å². The maximum Gasteiger partial charge on any atom is 0.322 e. The normalized spacial score (nSPS) is 18.4. The fraction of sp³-hybridized carbons (Fsp3) is 0.778. The summed E-state index contributed by atoms with van der Waals surface area (Å²) in [5, 5.41) is 8.54. The van der Waals surface area contributed by atoms with E-state index in [0.29, 0.717) is 6.61 Å². The van der Waals surface area contributed by atoms with Gasteiger partial charge >= 0.3 is 11.9 Å². The van der Waals surface area contributed by atoms with Gasteiger partial charge in [0.15, 0.2) is 0 Å². The molecule has 0 saturated heterocycles. The number of aliphatic carboxylic acids is 1. The highest BCUT2D eigenvalue weighted by Crippen LogP contribution is 2.44. The molecule has 5 heteroatoms. The van der Waals surface area contributed by atoms with Crippen molar-refractivity contribution in [2.75, 3.05) is 12.4 Å². The summed E-state index contributed by atoms with van der Waals surface area (Å²) in [7, 11) is 0. The van der Waals surface area contributed by atoms with Crippen LogP contribution in [0.4, 0.5) is 0 Å². The summed E-state index contributed by atoms with van der Waals surface area (Å²) in [4.78, 5) is 21.9. The third-order valence-electron chi connectivity index (χ3n) is 2.28. The Morgan fingerprint density at radius 3 is 2.50 bits per heavy atom. The van der Waals surface area contributed by atoms with Crippen molar-refractivity contribution < 1.29 is 19.4 Å². The number of carboxylic acids is 1. The van der Waals surface area contributed by atoms with Crippen molar-refractivity contribution in [1.29, 1.82) is 0 Å². The van der Waals surface area contributed by atoms with Gasteiger partial charge in [0.25, 0.3) is 0 Å². The number of carbonyl (C=O) groups is 2. The second kappa shape index (κ2) is 4.68. The summed E-state index contributed by atoms with van der Waals surface area (Å²) in [6, 6.07) is 0. The van der Waals surface area contributed by atoms with Crippen LogP contribution < -0.4 is 0 Å². The van der Waals surface area contributed by atoms with Crippen molar-refractivity contribution in [1.82, 2.24) is 0 Å². The number of hydrogen-bond acceptors (Lipinski definition) is 4. The van der Waals surface area contributed by atoms with Crippen LogP contribution in [0.3, 0.4) is 0 Å². The molecular weight excluding hydrogens is 204 g/mol. The van der Waals surface area contributed by atoms with Gasteiger partial charge in [-0.3, -0.25) is 9.59 Å². The van der Waals surface area contributed by atoms with Gasteiger partial charge in [0.1, 0.15) is 4.75 Å². The third kappa shape index (κ3) is 2.41. The molecule has 0 aromatic heterocycles. The predicted molar refractivity (Wildman–Crippen MR) is 53.3 cm³/mol. The van der Waals surface area contributed by atoms with Gasteiger partial charge in [-0.25, -0.2) is 0 Å². The molecule has 4 nitrogen and oxygen atoms in total. The van der Waals surface area contributed by atoms with Crippen molar-refractivity contribution in [2.45, 2.75) is 30.9 Å². The zero-order valence-electron chi connectivity index (χ0n) is 8.12. The zero-order chi connectivity index (χ0) is 10.6.